The molecule has 116 valence electrons. The Morgan fingerprint density at radius 1 is 1.00 bits per heavy atom. The van der Waals surface area contributed by atoms with E-state index in [2.05, 4.69) is 41.0 Å². The predicted molar refractivity (Wildman–Crippen MR) is 83.0 cm³/mol. The number of benzene rings is 1. The van der Waals surface area contributed by atoms with Crippen LogP contribution in [0.1, 0.15) is 31.2 Å². The summed E-state index contributed by atoms with van der Waals surface area (Å²) in [6.45, 7) is 4.50. The zero-order valence-electron chi connectivity index (χ0n) is 12.6. The fourth-order valence-corrected chi connectivity index (χ4v) is 3.24. The normalized spacial score (nSPS) is 21.9. The second-order valence-corrected chi connectivity index (χ2v) is 6.00. The molecule has 1 aliphatic carbocycles. The van der Waals surface area contributed by atoms with Crippen LogP contribution in [0.25, 0.3) is 0 Å². The number of hydrogen-bond donors (Lipinski definition) is 2. The third-order valence-electron chi connectivity index (χ3n) is 4.47. The van der Waals surface area contributed by atoms with Crippen molar-refractivity contribution in [3.63, 3.8) is 0 Å². The van der Waals surface area contributed by atoms with Crippen molar-refractivity contribution >= 4 is 0 Å². The summed E-state index contributed by atoms with van der Waals surface area (Å²) >= 11 is 0. The fourth-order valence-electron chi connectivity index (χ4n) is 3.24. The van der Waals surface area contributed by atoms with Crippen LogP contribution < -0.4 is 10.6 Å². The van der Waals surface area contributed by atoms with E-state index < -0.39 is 0 Å². The SMILES string of the molecule is c1ccc(CNCCNC2CCC3(CC2)OCCO3)cc1. The molecule has 0 unspecified atom stereocenters. The molecular formula is C17H26N2O2. The van der Waals surface area contributed by atoms with Crippen molar-refractivity contribution < 1.29 is 9.47 Å². The molecule has 0 aromatic heterocycles. The molecule has 0 atom stereocenters. The minimum atomic E-state index is -0.232. The van der Waals surface area contributed by atoms with Crippen LogP contribution in [0.5, 0.6) is 0 Å². The van der Waals surface area contributed by atoms with E-state index in [1.807, 2.05) is 0 Å². The van der Waals surface area contributed by atoms with Crippen LogP contribution in [0.15, 0.2) is 30.3 Å². The van der Waals surface area contributed by atoms with Gasteiger partial charge in [-0.05, 0) is 18.4 Å². The average Bonchev–Trinajstić information content (AvgIpc) is 2.98. The molecule has 0 amide bonds. The van der Waals surface area contributed by atoms with Crippen molar-refractivity contribution in [3.8, 4) is 0 Å². The van der Waals surface area contributed by atoms with Crippen LogP contribution >= 0.6 is 0 Å². The van der Waals surface area contributed by atoms with E-state index in [9.17, 15) is 0 Å². The highest BCUT2D eigenvalue weighted by molar-refractivity contribution is 5.14. The first-order chi connectivity index (χ1) is 10.4. The predicted octanol–water partition coefficient (Wildman–Crippen LogP) is 2.05. The summed E-state index contributed by atoms with van der Waals surface area (Å²) in [5.74, 6) is -0.232. The third kappa shape index (κ3) is 4.27. The van der Waals surface area contributed by atoms with Gasteiger partial charge in [0.2, 0.25) is 0 Å². The van der Waals surface area contributed by atoms with E-state index in [1.165, 1.54) is 5.56 Å². The van der Waals surface area contributed by atoms with Crippen molar-refractivity contribution in [3.05, 3.63) is 35.9 Å². The van der Waals surface area contributed by atoms with Crippen LogP contribution in [0.2, 0.25) is 0 Å². The quantitative estimate of drug-likeness (QED) is 0.787. The van der Waals surface area contributed by atoms with Gasteiger partial charge in [0.25, 0.3) is 0 Å². The summed E-state index contributed by atoms with van der Waals surface area (Å²) in [5.41, 5.74) is 1.34. The molecule has 1 spiro atoms. The maximum absolute atomic E-state index is 5.76. The van der Waals surface area contributed by atoms with Crippen LogP contribution in [-0.4, -0.2) is 38.1 Å². The van der Waals surface area contributed by atoms with Crippen molar-refractivity contribution in [1.29, 1.82) is 0 Å². The highest BCUT2D eigenvalue weighted by atomic mass is 16.7. The lowest BCUT2D eigenvalue weighted by Crippen LogP contribution is -2.43. The average molecular weight is 290 g/mol. The molecule has 4 nitrogen and oxygen atoms in total. The van der Waals surface area contributed by atoms with Gasteiger partial charge >= 0.3 is 0 Å². The largest absolute Gasteiger partial charge is 0.348 e. The van der Waals surface area contributed by atoms with Gasteiger partial charge in [-0.15, -0.1) is 0 Å². The van der Waals surface area contributed by atoms with E-state index in [1.54, 1.807) is 0 Å². The molecule has 0 radical (unpaired) electrons. The zero-order valence-corrected chi connectivity index (χ0v) is 12.6. The summed E-state index contributed by atoms with van der Waals surface area (Å²) in [6, 6.07) is 11.1. The molecule has 2 fully saturated rings. The standard InChI is InChI=1S/C17H26N2O2/c1-2-4-15(5-3-1)14-18-10-11-19-16-6-8-17(9-7-16)20-12-13-21-17/h1-5,16,18-19H,6-14H2. The van der Waals surface area contributed by atoms with Crippen LogP contribution in [0.3, 0.4) is 0 Å². The molecule has 3 rings (SSSR count). The zero-order chi connectivity index (χ0) is 14.4. The van der Waals surface area contributed by atoms with Crippen molar-refractivity contribution in [2.75, 3.05) is 26.3 Å². The number of nitrogens with one attached hydrogen (secondary N) is 2. The molecule has 2 aliphatic rings. The first-order valence-corrected chi connectivity index (χ1v) is 8.12. The maximum atomic E-state index is 5.76. The molecule has 1 heterocycles. The molecule has 1 saturated heterocycles. The number of hydrogen-bond acceptors (Lipinski definition) is 4. The minimum Gasteiger partial charge on any atom is -0.348 e. The van der Waals surface area contributed by atoms with Gasteiger partial charge in [-0.25, -0.2) is 0 Å². The first-order valence-electron chi connectivity index (χ1n) is 8.12. The maximum Gasteiger partial charge on any atom is 0.168 e. The Kier molecular flexibility index (Phi) is 5.25. The lowest BCUT2D eigenvalue weighted by molar-refractivity contribution is -0.179. The van der Waals surface area contributed by atoms with E-state index in [0.29, 0.717) is 6.04 Å². The van der Waals surface area contributed by atoms with Gasteiger partial charge in [0.1, 0.15) is 0 Å². The molecule has 1 aliphatic heterocycles. The van der Waals surface area contributed by atoms with Gasteiger partial charge in [0.15, 0.2) is 5.79 Å². The van der Waals surface area contributed by atoms with Gasteiger partial charge in [0.05, 0.1) is 13.2 Å². The van der Waals surface area contributed by atoms with E-state index >= 15 is 0 Å². The first kappa shape index (κ1) is 15.0. The van der Waals surface area contributed by atoms with E-state index in [0.717, 1.165) is 58.5 Å². The van der Waals surface area contributed by atoms with E-state index in [4.69, 9.17) is 9.47 Å². The molecule has 2 N–H and O–H groups in total. The van der Waals surface area contributed by atoms with Crippen molar-refractivity contribution in [1.82, 2.24) is 10.6 Å². The van der Waals surface area contributed by atoms with Gasteiger partial charge in [-0.1, -0.05) is 30.3 Å². The second-order valence-electron chi connectivity index (χ2n) is 6.00. The Labute approximate surface area is 127 Å². The molecule has 0 bridgehead atoms. The molecule has 4 heteroatoms. The van der Waals surface area contributed by atoms with Gasteiger partial charge in [0, 0.05) is 38.5 Å². The molecule has 1 aromatic rings. The van der Waals surface area contributed by atoms with Crippen molar-refractivity contribution in [2.24, 2.45) is 0 Å². The van der Waals surface area contributed by atoms with Crippen LogP contribution in [0, 0.1) is 0 Å². The van der Waals surface area contributed by atoms with Gasteiger partial charge in [-0.3, -0.25) is 0 Å². The number of rotatable bonds is 6. The Morgan fingerprint density at radius 3 is 2.43 bits per heavy atom. The lowest BCUT2D eigenvalue weighted by Gasteiger charge is -2.35. The highest BCUT2D eigenvalue weighted by Crippen LogP contribution is 2.35. The topological polar surface area (TPSA) is 42.5 Å². The summed E-state index contributed by atoms with van der Waals surface area (Å²) in [4.78, 5) is 0. The van der Waals surface area contributed by atoms with Crippen LogP contribution in [0.4, 0.5) is 0 Å². The van der Waals surface area contributed by atoms with E-state index in [-0.39, 0.29) is 5.79 Å². The molecular weight excluding hydrogens is 264 g/mol. The van der Waals surface area contributed by atoms with Gasteiger partial charge in [-0.2, -0.15) is 0 Å². The monoisotopic (exact) mass is 290 g/mol. The Bertz CT molecular complexity index is 408. The Hall–Kier alpha value is -0.940. The highest BCUT2D eigenvalue weighted by Gasteiger charge is 2.39. The Balaban J connectivity index is 1.27. The van der Waals surface area contributed by atoms with Crippen molar-refractivity contribution in [2.45, 2.75) is 44.1 Å². The summed E-state index contributed by atoms with van der Waals surface area (Å²) in [6.07, 6.45) is 4.36. The molecule has 1 saturated carbocycles. The molecule has 1 aromatic carbocycles. The number of ether oxygens (including phenoxy) is 2. The smallest absolute Gasteiger partial charge is 0.168 e. The fraction of sp³-hybridized carbons (Fsp3) is 0.647. The lowest BCUT2D eigenvalue weighted by atomic mass is 9.90. The van der Waals surface area contributed by atoms with Gasteiger partial charge < -0.3 is 20.1 Å². The second kappa shape index (κ2) is 7.36. The molecule has 21 heavy (non-hydrogen) atoms. The summed E-state index contributed by atoms with van der Waals surface area (Å²) < 4.78 is 11.5. The van der Waals surface area contributed by atoms with Crippen LogP contribution in [-0.2, 0) is 16.0 Å². The Morgan fingerprint density at radius 2 is 1.71 bits per heavy atom. The summed E-state index contributed by atoms with van der Waals surface area (Å²) in [5, 5.41) is 7.12. The summed E-state index contributed by atoms with van der Waals surface area (Å²) in [7, 11) is 0. The third-order valence-corrected chi connectivity index (χ3v) is 4.47. The minimum absolute atomic E-state index is 0.232.